The molecule has 0 bridgehead atoms. The molecule has 1 aromatic carbocycles. The van der Waals surface area contributed by atoms with Crippen LogP contribution in [-0.2, 0) is 14.8 Å². The number of nitrogens with one attached hydrogen (secondary N) is 1. The normalized spacial score (nSPS) is 19.0. The number of aliphatic carboxylic acids is 1. The number of carbonyl (C=O) groups is 1. The molecule has 0 amide bonds. The smallest absolute Gasteiger partial charge is 0.332 e. The Hall–Kier alpha value is -1.96. The van der Waals surface area contributed by atoms with Crippen LogP contribution in [0.1, 0.15) is 19.3 Å². The Morgan fingerprint density at radius 3 is 2.67 bits per heavy atom. The summed E-state index contributed by atoms with van der Waals surface area (Å²) in [6.45, 7) is 0. The number of benzene rings is 1. The van der Waals surface area contributed by atoms with Crippen LogP contribution in [0, 0.1) is 11.6 Å². The third kappa shape index (κ3) is 3.38. The number of hydrogen-bond donors (Lipinski definition) is 2. The zero-order chi connectivity index (χ0) is 15.6. The van der Waals surface area contributed by atoms with Crippen molar-refractivity contribution < 1.29 is 27.1 Å². The molecule has 1 aliphatic carbocycles. The van der Waals surface area contributed by atoms with E-state index in [0.717, 1.165) is 12.1 Å². The number of sulfonamides is 1. The van der Waals surface area contributed by atoms with Crippen molar-refractivity contribution in [3.05, 3.63) is 41.5 Å². The maximum atomic E-state index is 13.5. The molecule has 2 rings (SSSR count). The molecule has 0 aliphatic heterocycles. The number of hydrogen-bond acceptors (Lipinski definition) is 3. The molecule has 0 spiro atoms. The minimum Gasteiger partial charge on any atom is -0.478 e. The fourth-order valence-corrected chi connectivity index (χ4v) is 3.81. The number of carboxylic acids is 1. The molecule has 1 aliphatic rings. The van der Waals surface area contributed by atoms with Gasteiger partial charge in [-0.15, -0.1) is 0 Å². The first-order valence-electron chi connectivity index (χ1n) is 6.21. The molecule has 21 heavy (non-hydrogen) atoms. The highest BCUT2D eigenvalue weighted by atomic mass is 32.2. The van der Waals surface area contributed by atoms with Gasteiger partial charge in [0, 0.05) is 6.07 Å². The van der Waals surface area contributed by atoms with Gasteiger partial charge in [-0.05, 0) is 31.4 Å². The lowest BCUT2D eigenvalue weighted by molar-refractivity contribution is -0.132. The molecule has 1 aromatic rings. The number of carboxylic acid groups (broad SMARTS) is 1. The van der Waals surface area contributed by atoms with Crippen molar-refractivity contribution in [2.75, 3.05) is 4.72 Å². The van der Waals surface area contributed by atoms with Crippen LogP contribution in [0.4, 0.5) is 14.5 Å². The largest absolute Gasteiger partial charge is 0.478 e. The van der Waals surface area contributed by atoms with Crippen LogP contribution in [0.3, 0.4) is 0 Å². The average molecular weight is 317 g/mol. The van der Waals surface area contributed by atoms with E-state index in [1.807, 2.05) is 4.72 Å². The Kier molecular flexibility index (Phi) is 4.26. The van der Waals surface area contributed by atoms with E-state index in [9.17, 15) is 22.0 Å². The van der Waals surface area contributed by atoms with Crippen LogP contribution in [0.5, 0.6) is 0 Å². The zero-order valence-corrected chi connectivity index (χ0v) is 11.7. The SMILES string of the molecule is O=C(O)C1=CCCC[C@H]1S(=O)(=O)Nc1ccc(F)cc1F. The molecule has 0 saturated carbocycles. The Morgan fingerprint density at radius 2 is 2.05 bits per heavy atom. The molecule has 0 unspecified atom stereocenters. The van der Waals surface area contributed by atoms with Gasteiger partial charge in [-0.2, -0.15) is 0 Å². The van der Waals surface area contributed by atoms with E-state index >= 15 is 0 Å². The lowest BCUT2D eigenvalue weighted by atomic mass is 9.99. The van der Waals surface area contributed by atoms with E-state index in [1.54, 1.807) is 0 Å². The Morgan fingerprint density at radius 1 is 1.33 bits per heavy atom. The lowest BCUT2D eigenvalue weighted by Gasteiger charge is -2.22. The van der Waals surface area contributed by atoms with Crippen LogP contribution in [0.25, 0.3) is 0 Å². The molecule has 0 aromatic heterocycles. The van der Waals surface area contributed by atoms with Crippen molar-refractivity contribution in [2.24, 2.45) is 0 Å². The van der Waals surface area contributed by atoms with E-state index in [1.165, 1.54) is 6.08 Å². The van der Waals surface area contributed by atoms with Gasteiger partial charge in [0.25, 0.3) is 0 Å². The van der Waals surface area contributed by atoms with Crippen LogP contribution in [-0.4, -0.2) is 24.7 Å². The van der Waals surface area contributed by atoms with Gasteiger partial charge < -0.3 is 5.11 Å². The minimum atomic E-state index is -4.13. The van der Waals surface area contributed by atoms with Crippen molar-refractivity contribution in [2.45, 2.75) is 24.5 Å². The topological polar surface area (TPSA) is 83.5 Å². The molecular weight excluding hydrogens is 304 g/mol. The van der Waals surface area contributed by atoms with E-state index in [2.05, 4.69) is 0 Å². The quantitative estimate of drug-likeness (QED) is 0.892. The molecule has 0 radical (unpaired) electrons. The maximum Gasteiger partial charge on any atom is 0.332 e. The molecule has 0 heterocycles. The number of rotatable bonds is 4. The summed E-state index contributed by atoms with van der Waals surface area (Å²) in [4.78, 5) is 11.1. The number of anilines is 1. The summed E-state index contributed by atoms with van der Waals surface area (Å²) in [5.74, 6) is -3.21. The second-order valence-electron chi connectivity index (χ2n) is 4.66. The van der Waals surface area contributed by atoms with E-state index in [4.69, 9.17) is 5.11 Å². The average Bonchev–Trinajstić information content (AvgIpc) is 2.42. The first-order chi connectivity index (χ1) is 9.81. The van der Waals surface area contributed by atoms with Gasteiger partial charge in [-0.1, -0.05) is 6.08 Å². The summed E-state index contributed by atoms with van der Waals surface area (Å²) in [6.07, 6.45) is 2.50. The van der Waals surface area contributed by atoms with E-state index < -0.39 is 38.6 Å². The monoisotopic (exact) mass is 317 g/mol. The second-order valence-corrected chi connectivity index (χ2v) is 6.52. The molecule has 0 fully saturated rings. The molecular formula is C13H13F2NO4S. The molecule has 8 heteroatoms. The Balaban J connectivity index is 2.31. The summed E-state index contributed by atoms with van der Waals surface area (Å²) in [7, 11) is -4.13. The van der Waals surface area contributed by atoms with Crippen molar-refractivity contribution in [1.82, 2.24) is 0 Å². The second kappa shape index (κ2) is 5.80. The summed E-state index contributed by atoms with van der Waals surface area (Å²) >= 11 is 0. The van der Waals surface area contributed by atoms with E-state index in [-0.39, 0.29) is 12.0 Å². The summed E-state index contributed by atoms with van der Waals surface area (Å²) in [5, 5.41) is 7.79. The third-order valence-electron chi connectivity index (χ3n) is 3.19. The summed E-state index contributed by atoms with van der Waals surface area (Å²) < 4.78 is 52.8. The van der Waals surface area contributed by atoms with Gasteiger partial charge >= 0.3 is 5.97 Å². The third-order valence-corrected chi connectivity index (χ3v) is 4.93. The van der Waals surface area contributed by atoms with Crippen LogP contribution in [0.15, 0.2) is 29.8 Å². The standard InChI is InChI=1S/C13H13F2NO4S/c14-8-5-6-11(10(15)7-8)16-21(19,20)12-4-2-1-3-9(12)13(17)18/h3,5-7,12,16H,1-2,4H2,(H,17,18)/t12-/m1/s1. The van der Waals surface area contributed by atoms with Crippen molar-refractivity contribution in [3.63, 3.8) is 0 Å². The zero-order valence-electron chi connectivity index (χ0n) is 10.8. The van der Waals surface area contributed by atoms with Gasteiger partial charge in [0.15, 0.2) is 0 Å². The number of allylic oxidation sites excluding steroid dienone is 1. The van der Waals surface area contributed by atoms with Gasteiger partial charge in [-0.25, -0.2) is 22.0 Å². The highest BCUT2D eigenvalue weighted by molar-refractivity contribution is 7.93. The molecule has 1 atom stereocenters. The van der Waals surface area contributed by atoms with Gasteiger partial charge in [-0.3, -0.25) is 4.72 Å². The van der Waals surface area contributed by atoms with Crippen molar-refractivity contribution in [1.29, 1.82) is 0 Å². The summed E-state index contributed by atoms with van der Waals surface area (Å²) in [6, 6.07) is 2.41. The Labute approximate surface area is 120 Å². The van der Waals surface area contributed by atoms with Crippen molar-refractivity contribution in [3.8, 4) is 0 Å². The first-order valence-corrected chi connectivity index (χ1v) is 7.76. The van der Waals surface area contributed by atoms with Crippen LogP contribution < -0.4 is 4.72 Å². The van der Waals surface area contributed by atoms with Gasteiger partial charge in [0.1, 0.15) is 16.9 Å². The molecule has 0 saturated heterocycles. The highest BCUT2D eigenvalue weighted by Crippen LogP contribution is 2.27. The molecule has 114 valence electrons. The summed E-state index contributed by atoms with van der Waals surface area (Å²) in [5.41, 5.74) is -0.636. The predicted molar refractivity (Wildman–Crippen MR) is 72.3 cm³/mol. The van der Waals surface area contributed by atoms with Crippen LogP contribution in [0.2, 0.25) is 0 Å². The van der Waals surface area contributed by atoms with Crippen molar-refractivity contribution >= 4 is 21.7 Å². The minimum absolute atomic E-state index is 0.135. The van der Waals surface area contributed by atoms with Crippen LogP contribution >= 0.6 is 0 Å². The molecule has 5 nitrogen and oxygen atoms in total. The van der Waals surface area contributed by atoms with Gasteiger partial charge in [0.2, 0.25) is 10.0 Å². The first kappa shape index (κ1) is 15.4. The Bertz CT molecular complexity index is 700. The predicted octanol–water partition coefficient (Wildman–Crippen LogP) is 2.27. The fraction of sp³-hybridized carbons (Fsp3) is 0.308. The fourth-order valence-electron chi connectivity index (χ4n) is 2.19. The highest BCUT2D eigenvalue weighted by Gasteiger charge is 2.34. The lowest BCUT2D eigenvalue weighted by Crippen LogP contribution is -2.34. The number of halogens is 2. The molecule has 2 N–H and O–H groups in total. The maximum absolute atomic E-state index is 13.5. The van der Waals surface area contributed by atoms with Gasteiger partial charge in [0.05, 0.1) is 11.3 Å². The van der Waals surface area contributed by atoms with E-state index in [0.29, 0.717) is 18.9 Å².